The third kappa shape index (κ3) is 4.98. The third-order valence-corrected chi connectivity index (χ3v) is 7.66. The Morgan fingerprint density at radius 2 is 1.73 bits per heavy atom. The smallest absolute Gasteiger partial charge is 0.235 e. The highest BCUT2D eigenvalue weighted by atomic mass is 32.2. The van der Waals surface area contributed by atoms with E-state index in [2.05, 4.69) is 34.5 Å². The summed E-state index contributed by atoms with van der Waals surface area (Å²) in [7, 11) is 0. The molecule has 1 atom stereocenters. The van der Waals surface area contributed by atoms with Crippen molar-refractivity contribution in [1.82, 2.24) is 19.7 Å². The second-order valence-electron chi connectivity index (χ2n) is 9.11. The number of nitrogens with zero attached hydrogens (tertiary/aromatic N) is 4. The highest BCUT2D eigenvalue weighted by molar-refractivity contribution is 8.00. The highest BCUT2D eigenvalue weighted by Gasteiger charge is 2.33. The molecule has 172 valence electrons. The van der Waals surface area contributed by atoms with Gasteiger partial charge in [0.15, 0.2) is 11.0 Å². The van der Waals surface area contributed by atoms with Crippen LogP contribution in [-0.4, -0.2) is 43.9 Å². The molecular formula is C26H29FN4OS. The average molecular weight is 465 g/mol. The lowest BCUT2D eigenvalue weighted by atomic mass is 9.90. The number of likely N-dealkylation sites (tertiary alicyclic amines) is 1. The Balaban J connectivity index is 1.23. The monoisotopic (exact) mass is 464 g/mol. The van der Waals surface area contributed by atoms with Crippen LogP contribution in [0.3, 0.4) is 0 Å². The van der Waals surface area contributed by atoms with E-state index in [4.69, 9.17) is 0 Å². The molecule has 0 bridgehead atoms. The molecule has 1 aromatic heterocycles. The molecule has 3 aromatic rings. The molecule has 0 radical (unpaired) electrons. The molecule has 1 aliphatic carbocycles. The standard InChI is InChI=1S/C26H29FN4OS/c1-18(25(32)30-15-13-20(14-16-30)17-19-7-3-2-4-8-19)33-26-29-28-24(31(26)21-11-12-21)22-9-5-6-10-23(22)27/h2-10,18,20-21H,11-17H2,1H3/t18-/m0/s1. The SMILES string of the molecule is C[C@H](Sc1nnc(-c2ccccc2F)n1C1CC1)C(=O)N1CCC(Cc2ccccc2)CC1. The fourth-order valence-corrected chi connectivity index (χ4v) is 5.62. The van der Waals surface area contributed by atoms with Crippen LogP contribution in [0.1, 0.15) is 44.2 Å². The van der Waals surface area contributed by atoms with Crippen molar-refractivity contribution in [1.29, 1.82) is 0 Å². The number of hydrogen-bond donors (Lipinski definition) is 0. The highest BCUT2D eigenvalue weighted by Crippen LogP contribution is 2.42. The van der Waals surface area contributed by atoms with Gasteiger partial charge in [0.05, 0.1) is 10.8 Å². The summed E-state index contributed by atoms with van der Waals surface area (Å²) in [6.07, 6.45) is 5.21. The Morgan fingerprint density at radius 1 is 1.03 bits per heavy atom. The molecule has 5 nitrogen and oxygen atoms in total. The van der Waals surface area contributed by atoms with Crippen LogP contribution in [0.15, 0.2) is 59.8 Å². The molecular weight excluding hydrogens is 435 g/mol. The summed E-state index contributed by atoms with van der Waals surface area (Å²) >= 11 is 1.44. The van der Waals surface area contributed by atoms with Gasteiger partial charge in [-0.25, -0.2) is 4.39 Å². The van der Waals surface area contributed by atoms with E-state index in [1.807, 2.05) is 28.5 Å². The lowest BCUT2D eigenvalue weighted by Gasteiger charge is -2.33. The fraction of sp³-hybridized carbons (Fsp3) is 0.423. The topological polar surface area (TPSA) is 51.0 Å². The molecule has 1 saturated carbocycles. The largest absolute Gasteiger partial charge is 0.342 e. The number of thioether (sulfide) groups is 1. The van der Waals surface area contributed by atoms with Crippen molar-refractivity contribution in [3.8, 4) is 11.4 Å². The number of hydrogen-bond acceptors (Lipinski definition) is 4. The van der Waals surface area contributed by atoms with Gasteiger partial charge in [-0.3, -0.25) is 9.36 Å². The van der Waals surface area contributed by atoms with E-state index in [1.165, 1.54) is 23.4 Å². The number of aromatic nitrogens is 3. The quantitative estimate of drug-likeness (QED) is 0.441. The minimum Gasteiger partial charge on any atom is -0.342 e. The first-order chi connectivity index (χ1) is 16.1. The zero-order valence-electron chi connectivity index (χ0n) is 18.9. The first-order valence-corrected chi connectivity index (χ1v) is 12.7. The van der Waals surface area contributed by atoms with Crippen LogP contribution in [0.2, 0.25) is 0 Å². The van der Waals surface area contributed by atoms with Crippen LogP contribution in [0.5, 0.6) is 0 Å². The minimum atomic E-state index is -0.300. The lowest BCUT2D eigenvalue weighted by Crippen LogP contribution is -2.42. The number of carbonyl (C=O) groups is 1. The second-order valence-corrected chi connectivity index (χ2v) is 10.4. The second kappa shape index (κ2) is 9.67. The van der Waals surface area contributed by atoms with Gasteiger partial charge in [-0.2, -0.15) is 0 Å². The summed E-state index contributed by atoms with van der Waals surface area (Å²) in [6.45, 7) is 3.55. The van der Waals surface area contributed by atoms with Gasteiger partial charge >= 0.3 is 0 Å². The van der Waals surface area contributed by atoms with Gasteiger partial charge in [-0.15, -0.1) is 10.2 Å². The van der Waals surface area contributed by atoms with Gasteiger partial charge in [0.1, 0.15) is 5.82 Å². The zero-order chi connectivity index (χ0) is 22.8. The number of benzene rings is 2. The minimum absolute atomic E-state index is 0.149. The van der Waals surface area contributed by atoms with E-state index in [-0.39, 0.29) is 23.0 Å². The van der Waals surface area contributed by atoms with Gasteiger partial charge in [-0.05, 0) is 62.6 Å². The molecule has 5 rings (SSSR count). The Hall–Kier alpha value is -2.67. The number of halogens is 1. The van der Waals surface area contributed by atoms with Crippen molar-refractivity contribution < 1.29 is 9.18 Å². The van der Waals surface area contributed by atoms with Crippen molar-refractivity contribution in [2.45, 2.75) is 55.5 Å². The summed E-state index contributed by atoms with van der Waals surface area (Å²) in [4.78, 5) is 15.2. The van der Waals surface area contributed by atoms with Gasteiger partial charge in [0.25, 0.3) is 0 Å². The molecule has 2 aromatic carbocycles. The summed E-state index contributed by atoms with van der Waals surface area (Å²) in [5, 5.41) is 9.12. The van der Waals surface area contributed by atoms with E-state index >= 15 is 0 Å². The summed E-state index contributed by atoms with van der Waals surface area (Å²) in [5.41, 5.74) is 1.83. The molecule has 1 aliphatic heterocycles. The maximum absolute atomic E-state index is 14.4. The lowest BCUT2D eigenvalue weighted by molar-refractivity contribution is -0.131. The fourth-order valence-electron chi connectivity index (χ4n) is 4.62. The van der Waals surface area contributed by atoms with Crippen LogP contribution in [0.25, 0.3) is 11.4 Å². The van der Waals surface area contributed by atoms with Gasteiger partial charge in [0, 0.05) is 19.1 Å². The predicted octanol–water partition coefficient (Wildman–Crippen LogP) is 5.38. The van der Waals surface area contributed by atoms with Crippen molar-refractivity contribution >= 4 is 17.7 Å². The van der Waals surface area contributed by atoms with Gasteiger partial charge in [0.2, 0.25) is 5.91 Å². The number of piperidine rings is 1. The first-order valence-electron chi connectivity index (χ1n) is 11.8. The van der Waals surface area contributed by atoms with E-state index in [9.17, 15) is 9.18 Å². The van der Waals surface area contributed by atoms with Crippen molar-refractivity contribution in [2.24, 2.45) is 5.92 Å². The number of rotatable bonds is 7. The Labute approximate surface area is 198 Å². The van der Waals surface area contributed by atoms with Crippen LogP contribution in [0, 0.1) is 11.7 Å². The molecule has 33 heavy (non-hydrogen) atoms. The molecule has 2 fully saturated rings. The van der Waals surface area contributed by atoms with E-state index in [0.717, 1.165) is 45.2 Å². The summed E-state index contributed by atoms with van der Waals surface area (Å²) in [5.74, 6) is 1.03. The Morgan fingerprint density at radius 3 is 2.42 bits per heavy atom. The van der Waals surface area contributed by atoms with E-state index in [0.29, 0.717) is 22.5 Å². The van der Waals surface area contributed by atoms with Crippen LogP contribution >= 0.6 is 11.8 Å². The van der Waals surface area contributed by atoms with Gasteiger partial charge < -0.3 is 4.90 Å². The van der Waals surface area contributed by atoms with Crippen molar-refractivity contribution in [2.75, 3.05) is 13.1 Å². The molecule has 2 heterocycles. The maximum Gasteiger partial charge on any atom is 0.235 e. The van der Waals surface area contributed by atoms with Crippen LogP contribution in [0.4, 0.5) is 4.39 Å². The van der Waals surface area contributed by atoms with E-state index < -0.39 is 0 Å². The first kappa shape index (κ1) is 22.1. The normalized spacial score (nSPS) is 17.8. The molecule has 1 amide bonds. The van der Waals surface area contributed by atoms with Gasteiger partial charge in [-0.1, -0.05) is 54.2 Å². The number of carbonyl (C=O) groups excluding carboxylic acids is 1. The molecule has 0 spiro atoms. The maximum atomic E-state index is 14.4. The van der Waals surface area contributed by atoms with Crippen LogP contribution in [-0.2, 0) is 11.2 Å². The molecule has 2 aliphatic rings. The molecule has 0 unspecified atom stereocenters. The van der Waals surface area contributed by atoms with Crippen molar-refractivity contribution in [3.05, 3.63) is 66.0 Å². The molecule has 1 saturated heterocycles. The Bertz CT molecular complexity index is 1110. The third-order valence-electron chi connectivity index (χ3n) is 6.61. The molecule has 7 heteroatoms. The van der Waals surface area contributed by atoms with Crippen molar-refractivity contribution in [3.63, 3.8) is 0 Å². The molecule has 0 N–H and O–H groups in total. The summed E-state index contributed by atoms with van der Waals surface area (Å²) in [6, 6.07) is 17.5. The van der Waals surface area contributed by atoms with Crippen LogP contribution < -0.4 is 0 Å². The zero-order valence-corrected chi connectivity index (χ0v) is 19.7. The average Bonchev–Trinajstić information content (AvgIpc) is 3.60. The Kier molecular flexibility index (Phi) is 6.49. The number of amides is 1. The summed E-state index contributed by atoms with van der Waals surface area (Å²) < 4.78 is 16.4. The predicted molar refractivity (Wildman–Crippen MR) is 128 cm³/mol. The van der Waals surface area contributed by atoms with E-state index in [1.54, 1.807) is 12.1 Å².